The van der Waals surface area contributed by atoms with Crippen LogP contribution in [-0.4, -0.2) is 46.8 Å². The van der Waals surface area contributed by atoms with Gasteiger partial charge in [0.2, 0.25) is 0 Å². The van der Waals surface area contributed by atoms with Crippen LogP contribution >= 0.6 is 0 Å². The largest absolute Gasteiger partial charge is 0.297 e. The van der Waals surface area contributed by atoms with Gasteiger partial charge in [0.05, 0.1) is 5.69 Å². The molecule has 0 N–H and O–H groups in total. The summed E-state index contributed by atoms with van der Waals surface area (Å²) in [6.45, 7) is 1.31. The van der Waals surface area contributed by atoms with Crippen molar-refractivity contribution in [2.24, 2.45) is 0 Å². The molecule has 1 fully saturated rings. The summed E-state index contributed by atoms with van der Waals surface area (Å²) in [6, 6.07) is 0. The van der Waals surface area contributed by atoms with E-state index in [1.807, 2.05) is 4.90 Å². The number of piperidine rings is 1. The second-order valence-corrected chi connectivity index (χ2v) is 4.14. The van der Waals surface area contributed by atoms with Gasteiger partial charge in [0.25, 0.3) is 0 Å². The molecule has 16 heavy (non-hydrogen) atoms. The Hall–Kier alpha value is -1.10. The van der Waals surface area contributed by atoms with E-state index in [4.69, 9.17) is 0 Å². The SMILES string of the molecule is F[C@@H]1C[C@H](F)CN(CCc2cnccn2)C1. The topological polar surface area (TPSA) is 29.0 Å². The molecule has 0 spiro atoms. The van der Waals surface area contributed by atoms with Crippen LogP contribution in [0.25, 0.3) is 0 Å². The van der Waals surface area contributed by atoms with Crippen LogP contribution < -0.4 is 0 Å². The van der Waals surface area contributed by atoms with Crippen molar-refractivity contribution in [2.45, 2.75) is 25.2 Å². The molecule has 3 nitrogen and oxygen atoms in total. The molecule has 0 amide bonds. The Morgan fingerprint density at radius 2 is 2.00 bits per heavy atom. The molecule has 1 saturated heterocycles. The molecule has 1 aromatic heterocycles. The average Bonchev–Trinajstić information content (AvgIpc) is 2.27. The predicted molar refractivity (Wildman–Crippen MR) is 56.6 cm³/mol. The summed E-state index contributed by atoms with van der Waals surface area (Å²) in [4.78, 5) is 9.89. The van der Waals surface area contributed by atoms with Crippen LogP contribution in [0, 0.1) is 0 Å². The Balaban J connectivity index is 1.81. The summed E-state index contributed by atoms with van der Waals surface area (Å²) in [7, 11) is 0. The van der Waals surface area contributed by atoms with Crippen molar-refractivity contribution >= 4 is 0 Å². The first kappa shape index (κ1) is 11.4. The van der Waals surface area contributed by atoms with Crippen LogP contribution in [0.1, 0.15) is 12.1 Å². The molecule has 2 rings (SSSR count). The average molecular weight is 227 g/mol. The fraction of sp³-hybridized carbons (Fsp3) is 0.636. The number of hydrogen-bond donors (Lipinski definition) is 0. The summed E-state index contributed by atoms with van der Waals surface area (Å²) in [5.74, 6) is 0. The predicted octanol–water partition coefficient (Wildman–Crippen LogP) is 1.40. The monoisotopic (exact) mass is 227 g/mol. The maximum absolute atomic E-state index is 13.1. The fourth-order valence-corrected chi connectivity index (χ4v) is 1.98. The highest BCUT2D eigenvalue weighted by Crippen LogP contribution is 2.16. The molecule has 0 aromatic carbocycles. The third kappa shape index (κ3) is 3.20. The fourth-order valence-electron chi connectivity index (χ4n) is 1.98. The van der Waals surface area contributed by atoms with Gasteiger partial charge in [-0.25, -0.2) is 8.78 Å². The summed E-state index contributed by atoms with van der Waals surface area (Å²) in [5, 5.41) is 0. The van der Waals surface area contributed by atoms with Crippen molar-refractivity contribution in [3.05, 3.63) is 24.3 Å². The van der Waals surface area contributed by atoms with E-state index < -0.39 is 12.3 Å². The van der Waals surface area contributed by atoms with Crippen LogP contribution in [0.15, 0.2) is 18.6 Å². The first-order valence-electron chi connectivity index (χ1n) is 5.49. The zero-order valence-electron chi connectivity index (χ0n) is 9.02. The molecule has 0 aliphatic carbocycles. The Kier molecular flexibility index (Phi) is 3.77. The van der Waals surface area contributed by atoms with E-state index in [0.29, 0.717) is 26.1 Å². The van der Waals surface area contributed by atoms with E-state index in [1.54, 1.807) is 18.6 Å². The quantitative estimate of drug-likeness (QED) is 0.781. The number of aromatic nitrogens is 2. The van der Waals surface area contributed by atoms with Gasteiger partial charge in [0.15, 0.2) is 0 Å². The van der Waals surface area contributed by atoms with Crippen LogP contribution in [-0.2, 0) is 6.42 Å². The summed E-state index contributed by atoms with van der Waals surface area (Å²) in [6.07, 6.45) is 3.58. The zero-order valence-corrected chi connectivity index (χ0v) is 9.02. The van der Waals surface area contributed by atoms with Crippen molar-refractivity contribution in [2.75, 3.05) is 19.6 Å². The molecular formula is C11H15F2N3. The summed E-state index contributed by atoms with van der Waals surface area (Å²) >= 11 is 0. The maximum Gasteiger partial charge on any atom is 0.116 e. The van der Waals surface area contributed by atoms with Gasteiger partial charge in [0.1, 0.15) is 12.3 Å². The van der Waals surface area contributed by atoms with E-state index in [2.05, 4.69) is 9.97 Å². The normalized spacial score (nSPS) is 26.9. The van der Waals surface area contributed by atoms with Gasteiger partial charge in [-0.3, -0.25) is 14.9 Å². The minimum Gasteiger partial charge on any atom is -0.297 e. The molecule has 0 saturated carbocycles. The van der Waals surface area contributed by atoms with Crippen LogP contribution in [0.5, 0.6) is 0 Å². The highest BCUT2D eigenvalue weighted by Gasteiger charge is 2.26. The zero-order chi connectivity index (χ0) is 11.4. The van der Waals surface area contributed by atoms with Gasteiger partial charge < -0.3 is 0 Å². The standard InChI is InChI=1S/C11H15F2N3/c12-9-5-10(13)8-16(7-9)4-1-11-6-14-2-3-15-11/h2-3,6,9-10H,1,4-5,7-8H2/t9-,10+. The molecule has 1 aromatic rings. The number of likely N-dealkylation sites (tertiary alicyclic amines) is 1. The van der Waals surface area contributed by atoms with E-state index in [1.165, 1.54) is 0 Å². The third-order valence-corrected chi connectivity index (χ3v) is 2.72. The summed E-state index contributed by atoms with van der Waals surface area (Å²) in [5.41, 5.74) is 0.860. The molecule has 5 heteroatoms. The Morgan fingerprint density at radius 3 is 2.62 bits per heavy atom. The lowest BCUT2D eigenvalue weighted by Gasteiger charge is -2.30. The van der Waals surface area contributed by atoms with E-state index in [9.17, 15) is 8.78 Å². The molecule has 0 unspecified atom stereocenters. The van der Waals surface area contributed by atoms with Gasteiger partial charge in [0, 0.05) is 51.1 Å². The number of halogens is 2. The minimum atomic E-state index is -1.04. The lowest BCUT2D eigenvalue weighted by Crippen LogP contribution is -2.43. The maximum atomic E-state index is 13.1. The molecule has 0 radical (unpaired) electrons. The van der Waals surface area contributed by atoms with E-state index in [-0.39, 0.29) is 6.42 Å². The van der Waals surface area contributed by atoms with Crippen LogP contribution in [0.2, 0.25) is 0 Å². The van der Waals surface area contributed by atoms with Crippen LogP contribution in [0.4, 0.5) is 8.78 Å². The van der Waals surface area contributed by atoms with Gasteiger partial charge in [-0.15, -0.1) is 0 Å². The van der Waals surface area contributed by atoms with Gasteiger partial charge in [-0.05, 0) is 0 Å². The number of hydrogen-bond acceptors (Lipinski definition) is 3. The second-order valence-electron chi connectivity index (χ2n) is 4.14. The van der Waals surface area contributed by atoms with Crippen LogP contribution in [0.3, 0.4) is 0 Å². The van der Waals surface area contributed by atoms with E-state index >= 15 is 0 Å². The molecular weight excluding hydrogens is 212 g/mol. The van der Waals surface area contributed by atoms with Gasteiger partial charge >= 0.3 is 0 Å². The Labute approximate surface area is 93.5 Å². The Bertz CT molecular complexity index is 310. The molecule has 1 aliphatic heterocycles. The Morgan fingerprint density at radius 1 is 1.25 bits per heavy atom. The minimum absolute atomic E-state index is 0.0433. The molecule has 1 aliphatic rings. The second kappa shape index (κ2) is 5.30. The molecule has 2 heterocycles. The highest BCUT2D eigenvalue weighted by atomic mass is 19.1. The van der Waals surface area contributed by atoms with Gasteiger partial charge in [-0.2, -0.15) is 0 Å². The molecule has 0 bridgehead atoms. The lowest BCUT2D eigenvalue weighted by molar-refractivity contribution is 0.0749. The first-order chi connectivity index (χ1) is 7.74. The third-order valence-electron chi connectivity index (χ3n) is 2.72. The number of alkyl halides is 2. The van der Waals surface area contributed by atoms with Crippen molar-refractivity contribution < 1.29 is 8.78 Å². The van der Waals surface area contributed by atoms with Crippen molar-refractivity contribution in [3.63, 3.8) is 0 Å². The number of rotatable bonds is 3. The molecule has 88 valence electrons. The smallest absolute Gasteiger partial charge is 0.116 e. The van der Waals surface area contributed by atoms with Crippen molar-refractivity contribution in [1.29, 1.82) is 0 Å². The molecule has 2 atom stereocenters. The summed E-state index contributed by atoms with van der Waals surface area (Å²) < 4.78 is 26.2. The van der Waals surface area contributed by atoms with Crippen molar-refractivity contribution in [1.82, 2.24) is 14.9 Å². The van der Waals surface area contributed by atoms with Crippen molar-refractivity contribution in [3.8, 4) is 0 Å². The van der Waals surface area contributed by atoms with Gasteiger partial charge in [-0.1, -0.05) is 0 Å². The lowest BCUT2D eigenvalue weighted by atomic mass is 10.1. The highest BCUT2D eigenvalue weighted by molar-refractivity contribution is 4.95. The van der Waals surface area contributed by atoms with E-state index in [0.717, 1.165) is 5.69 Å². The number of nitrogens with zero attached hydrogens (tertiary/aromatic N) is 3. The first-order valence-corrected chi connectivity index (χ1v) is 5.49.